The lowest BCUT2D eigenvalue weighted by molar-refractivity contribution is 0.122. The van der Waals surface area contributed by atoms with E-state index in [1.165, 1.54) is 6.07 Å². The summed E-state index contributed by atoms with van der Waals surface area (Å²) in [6.07, 6.45) is 0. The number of ether oxygens (including phenoxy) is 1. The number of aromatic nitrogens is 3. The quantitative estimate of drug-likeness (QED) is 0.682. The number of nitrogens with zero attached hydrogens (tertiary/aromatic N) is 4. The van der Waals surface area contributed by atoms with Gasteiger partial charge in [0.25, 0.3) is 0 Å². The van der Waals surface area contributed by atoms with Crippen molar-refractivity contribution in [3.05, 3.63) is 46.5 Å². The molecule has 0 atom stereocenters. The van der Waals surface area contributed by atoms with E-state index in [1.54, 1.807) is 12.1 Å². The van der Waals surface area contributed by atoms with Gasteiger partial charge in [-0.3, -0.25) is 0 Å². The summed E-state index contributed by atoms with van der Waals surface area (Å²) >= 11 is 5.92. The average Bonchev–Trinajstić information content (AvgIpc) is 2.63. The minimum atomic E-state index is -0.391. The number of halogens is 2. The predicted octanol–water partition coefficient (Wildman–Crippen LogP) is 3.94. The molecule has 4 rings (SSSR count). The molecule has 0 unspecified atom stereocenters. The second-order valence-electron chi connectivity index (χ2n) is 6.32. The molecule has 0 N–H and O–H groups in total. The molecule has 5 nitrogen and oxygen atoms in total. The number of anilines is 1. The second kappa shape index (κ2) is 6.78. The zero-order valence-corrected chi connectivity index (χ0v) is 15.3. The van der Waals surface area contributed by atoms with E-state index in [4.69, 9.17) is 16.3 Å². The molecule has 1 saturated heterocycles. The summed E-state index contributed by atoms with van der Waals surface area (Å²) in [5, 5.41) is 0.358. The minimum absolute atomic E-state index is 0.358. The summed E-state index contributed by atoms with van der Waals surface area (Å²) in [4.78, 5) is 16.0. The Hall–Kier alpha value is -2.31. The lowest BCUT2D eigenvalue weighted by atomic mass is 10.0. The van der Waals surface area contributed by atoms with Gasteiger partial charge in [0, 0.05) is 29.2 Å². The molecule has 1 aliphatic heterocycles. The first kappa shape index (κ1) is 17.1. The largest absolute Gasteiger partial charge is 0.378 e. The van der Waals surface area contributed by atoms with E-state index < -0.39 is 5.82 Å². The Kier molecular flexibility index (Phi) is 4.46. The molecule has 134 valence electrons. The third kappa shape index (κ3) is 3.10. The van der Waals surface area contributed by atoms with E-state index in [-0.39, 0.29) is 0 Å². The monoisotopic (exact) mass is 372 g/mol. The Morgan fingerprint density at radius 1 is 1.00 bits per heavy atom. The Labute approximate surface area is 155 Å². The van der Waals surface area contributed by atoms with Crippen LogP contribution in [0.5, 0.6) is 0 Å². The highest BCUT2D eigenvalue weighted by molar-refractivity contribution is 6.30. The smallest absolute Gasteiger partial charge is 0.181 e. The lowest BCUT2D eigenvalue weighted by Gasteiger charge is -2.28. The summed E-state index contributed by atoms with van der Waals surface area (Å²) in [6, 6.07) is 6.54. The van der Waals surface area contributed by atoms with E-state index in [1.807, 2.05) is 19.9 Å². The highest BCUT2D eigenvalue weighted by Gasteiger charge is 2.19. The maximum atomic E-state index is 14.6. The maximum absolute atomic E-state index is 14.6. The Balaban J connectivity index is 1.97. The van der Waals surface area contributed by atoms with Crippen molar-refractivity contribution < 1.29 is 9.13 Å². The van der Waals surface area contributed by atoms with Crippen LogP contribution in [0.4, 0.5) is 10.2 Å². The van der Waals surface area contributed by atoms with Crippen molar-refractivity contribution in [3.63, 3.8) is 0 Å². The molecule has 0 amide bonds. The van der Waals surface area contributed by atoms with E-state index >= 15 is 0 Å². The fraction of sp³-hybridized carbons (Fsp3) is 0.316. The van der Waals surface area contributed by atoms with E-state index in [2.05, 4.69) is 19.9 Å². The zero-order valence-electron chi connectivity index (χ0n) is 14.6. The molecule has 2 aromatic heterocycles. The van der Waals surface area contributed by atoms with Crippen LogP contribution < -0.4 is 4.90 Å². The van der Waals surface area contributed by atoms with Gasteiger partial charge in [-0.05, 0) is 38.1 Å². The van der Waals surface area contributed by atoms with Gasteiger partial charge in [0.15, 0.2) is 5.65 Å². The van der Waals surface area contributed by atoms with Crippen molar-refractivity contribution in [3.8, 4) is 11.1 Å². The van der Waals surface area contributed by atoms with Crippen LogP contribution in [-0.4, -0.2) is 41.3 Å². The first-order chi connectivity index (χ1) is 12.5. The number of morpholine rings is 1. The Morgan fingerprint density at radius 3 is 2.46 bits per heavy atom. The van der Waals surface area contributed by atoms with Crippen molar-refractivity contribution in [2.24, 2.45) is 0 Å². The van der Waals surface area contributed by atoms with Gasteiger partial charge in [-0.2, -0.15) is 0 Å². The van der Waals surface area contributed by atoms with E-state index in [0.29, 0.717) is 40.5 Å². The third-order valence-corrected chi connectivity index (χ3v) is 4.83. The summed E-state index contributed by atoms with van der Waals surface area (Å²) in [6.45, 7) is 6.54. The standard InChI is InChI=1S/C19H18ClFN4O/c1-11-12(2)23-19-18(22-11)15(14-4-3-13(20)9-16(14)21)10-17(24-19)25-5-7-26-8-6-25/h3-4,9-10H,5-8H2,1-2H3. The number of hydrogen-bond acceptors (Lipinski definition) is 5. The topological polar surface area (TPSA) is 51.1 Å². The van der Waals surface area contributed by atoms with Crippen LogP contribution in [0.2, 0.25) is 5.02 Å². The lowest BCUT2D eigenvalue weighted by Crippen LogP contribution is -2.36. The van der Waals surface area contributed by atoms with Gasteiger partial charge in [0.1, 0.15) is 17.2 Å². The molecular formula is C19H18ClFN4O. The van der Waals surface area contributed by atoms with Gasteiger partial charge in [-0.1, -0.05) is 11.6 Å². The van der Waals surface area contributed by atoms with Crippen molar-refractivity contribution in [2.75, 3.05) is 31.2 Å². The molecule has 3 aromatic rings. The second-order valence-corrected chi connectivity index (χ2v) is 6.75. The van der Waals surface area contributed by atoms with Gasteiger partial charge in [-0.15, -0.1) is 0 Å². The fourth-order valence-corrected chi connectivity index (χ4v) is 3.21. The molecule has 0 saturated carbocycles. The normalized spacial score (nSPS) is 14.8. The molecule has 7 heteroatoms. The number of aryl methyl sites for hydroxylation is 2. The van der Waals surface area contributed by atoms with Crippen molar-refractivity contribution in [1.82, 2.24) is 15.0 Å². The first-order valence-electron chi connectivity index (χ1n) is 8.47. The molecule has 3 heterocycles. The average molecular weight is 373 g/mol. The summed E-state index contributed by atoms with van der Waals surface area (Å²) in [7, 11) is 0. The SMILES string of the molecule is Cc1nc2nc(N3CCOCC3)cc(-c3ccc(Cl)cc3F)c2nc1C. The first-order valence-corrected chi connectivity index (χ1v) is 8.85. The minimum Gasteiger partial charge on any atom is -0.378 e. The van der Waals surface area contributed by atoms with Gasteiger partial charge in [0.2, 0.25) is 0 Å². The van der Waals surface area contributed by atoms with Crippen LogP contribution >= 0.6 is 11.6 Å². The molecule has 0 bridgehead atoms. The molecule has 1 aliphatic rings. The summed E-state index contributed by atoms with van der Waals surface area (Å²) < 4.78 is 20.0. The van der Waals surface area contributed by atoms with Crippen LogP contribution in [0.3, 0.4) is 0 Å². The number of hydrogen-bond donors (Lipinski definition) is 0. The highest BCUT2D eigenvalue weighted by atomic mass is 35.5. The molecule has 0 spiro atoms. The van der Waals surface area contributed by atoms with Crippen LogP contribution in [0.1, 0.15) is 11.4 Å². The Morgan fingerprint density at radius 2 is 1.73 bits per heavy atom. The number of benzene rings is 1. The van der Waals surface area contributed by atoms with E-state index in [9.17, 15) is 4.39 Å². The number of fused-ring (bicyclic) bond motifs is 1. The van der Waals surface area contributed by atoms with Crippen LogP contribution in [-0.2, 0) is 4.74 Å². The summed E-state index contributed by atoms with van der Waals surface area (Å²) in [5.74, 6) is 0.362. The zero-order chi connectivity index (χ0) is 18.3. The van der Waals surface area contributed by atoms with Crippen molar-refractivity contribution in [1.29, 1.82) is 0 Å². The van der Waals surface area contributed by atoms with Crippen LogP contribution in [0.15, 0.2) is 24.3 Å². The number of pyridine rings is 1. The van der Waals surface area contributed by atoms with Gasteiger partial charge >= 0.3 is 0 Å². The summed E-state index contributed by atoms with van der Waals surface area (Å²) in [5.41, 5.74) is 3.82. The molecule has 0 aliphatic carbocycles. The third-order valence-electron chi connectivity index (χ3n) is 4.59. The fourth-order valence-electron chi connectivity index (χ4n) is 3.06. The van der Waals surface area contributed by atoms with Gasteiger partial charge in [0.05, 0.1) is 24.6 Å². The highest BCUT2D eigenvalue weighted by Crippen LogP contribution is 2.33. The van der Waals surface area contributed by atoms with Crippen molar-refractivity contribution >= 4 is 28.6 Å². The predicted molar refractivity (Wildman–Crippen MR) is 100 cm³/mol. The maximum Gasteiger partial charge on any atom is 0.181 e. The molecule has 26 heavy (non-hydrogen) atoms. The van der Waals surface area contributed by atoms with Crippen LogP contribution in [0, 0.1) is 19.7 Å². The van der Waals surface area contributed by atoms with Gasteiger partial charge in [-0.25, -0.2) is 19.3 Å². The molecule has 1 aromatic carbocycles. The molecule has 0 radical (unpaired) electrons. The van der Waals surface area contributed by atoms with Crippen molar-refractivity contribution in [2.45, 2.75) is 13.8 Å². The van der Waals surface area contributed by atoms with Crippen LogP contribution in [0.25, 0.3) is 22.3 Å². The molecule has 1 fully saturated rings. The Bertz CT molecular complexity index is 989. The van der Waals surface area contributed by atoms with E-state index in [0.717, 1.165) is 30.3 Å². The molecular weight excluding hydrogens is 355 g/mol. The number of rotatable bonds is 2. The van der Waals surface area contributed by atoms with Gasteiger partial charge < -0.3 is 9.64 Å².